The quantitative estimate of drug-likeness (QED) is 0.358. The third kappa shape index (κ3) is 7.47. The number of amides is 2. The molecule has 0 heterocycles. The molecule has 0 aliphatic heterocycles. The number of nitrogens with one attached hydrogen (secondary N) is 1. The third-order valence-corrected chi connectivity index (χ3v) is 7.60. The van der Waals surface area contributed by atoms with Gasteiger partial charge in [0.2, 0.25) is 5.91 Å². The molecule has 0 radical (unpaired) electrons. The molecule has 0 saturated heterocycles. The minimum atomic E-state index is -0.643. The molecular formula is C33H40N2O3. The first-order valence-electron chi connectivity index (χ1n) is 13.8. The van der Waals surface area contributed by atoms with E-state index in [2.05, 4.69) is 5.32 Å². The van der Waals surface area contributed by atoms with Crippen LogP contribution in [-0.2, 0) is 22.6 Å². The first-order valence-corrected chi connectivity index (χ1v) is 13.8. The highest BCUT2D eigenvalue weighted by molar-refractivity contribution is 5.88. The molecule has 0 aromatic heterocycles. The van der Waals surface area contributed by atoms with Gasteiger partial charge in [-0.15, -0.1) is 0 Å². The van der Waals surface area contributed by atoms with E-state index in [9.17, 15) is 9.59 Å². The van der Waals surface area contributed by atoms with Crippen molar-refractivity contribution in [3.05, 3.63) is 101 Å². The normalized spacial score (nSPS) is 14.5. The standard InChI is InChI=1S/C33H40N2O3/c1-24-17-19-28(20-18-24)22-35(32(36)23-38-31-16-10-11-25(2)26(31)3)30(21-27-12-6-4-7-13-27)33(37)34-29-14-8-5-9-15-29/h4,6-7,10-13,16-20,29-30H,5,8-9,14-15,21-23H2,1-3H3,(H,34,37)/t30-/m0/s1. The molecule has 3 aromatic rings. The number of aryl methyl sites for hydroxylation is 2. The number of hydrogen-bond acceptors (Lipinski definition) is 3. The zero-order chi connectivity index (χ0) is 26.9. The van der Waals surface area contributed by atoms with Crippen molar-refractivity contribution < 1.29 is 14.3 Å². The Kier molecular flexibility index (Phi) is 9.58. The van der Waals surface area contributed by atoms with Crippen molar-refractivity contribution in [3.8, 4) is 5.75 Å². The van der Waals surface area contributed by atoms with E-state index in [4.69, 9.17) is 4.74 Å². The summed E-state index contributed by atoms with van der Waals surface area (Å²) in [5.74, 6) is 0.402. The zero-order valence-corrected chi connectivity index (χ0v) is 22.9. The van der Waals surface area contributed by atoms with Crippen LogP contribution in [-0.4, -0.2) is 35.4 Å². The van der Waals surface area contributed by atoms with Crippen molar-refractivity contribution in [2.75, 3.05) is 6.61 Å². The molecule has 38 heavy (non-hydrogen) atoms. The fourth-order valence-corrected chi connectivity index (χ4v) is 5.09. The molecule has 3 aromatic carbocycles. The molecule has 200 valence electrons. The second-order valence-corrected chi connectivity index (χ2v) is 10.5. The molecule has 1 aliphatic rings. The van der Waals surface area contributed by atoms with Crippen LogP contribution >= 0.6 is 0 Å². The molecule has 1 saturated carbocycles. The summed E-state index contributed by atoms with van der Waals surface area (Å²) in [5, 5.41) is 3.29. The Hall–Kier alpha value is -3.60. The second kappa shape index (κ2) is 13.3. The maximum Gasteiger partial charge on any atom is 0.261 e. The number of nitrogens with zero attached hydrogens (tertiary/aromatic N) is 1. The summed E-state index contributed by atoms with van der Waals surface area (Å²) in [6, 6.07) is 23.4. The molecule has 1 N–H and O–H groups in total. The largest absolute Gasteiger partial charge is 0.483 e. The van der Waals surface area contributed by atoms with Gasteiger partial charge in [0, 0.05) is 19.0 Å². The lowest BCUT2D eigenvalue weighted by Gasteiger charge is -2.33. The number of benzene rings is 3. The highest BCUT2D eigenvalue weighted by Gasteiger charge is 2.32. The SMILES string of the molecule is Cc1ccc(CN(C(=O)COc2cccc(C)c2C)[C@@H](Cc2ccccc2)C(=O)NC2CCCCC2)cc1. The molecular weight excluding hydrogens is 472 g/mol. The molecule has 0 spiro atoms. The first kappa shape index (κ1) is 27.4. The molecule has 1 aliphatic carbocycles. The zero-order valence-electron chi connectivity index (χ0n) is 22.9. The minimum Gasteiger partial charge on any atom is -0.483 e. The van der Waals surface area contributed by atoms with Gasteiger partial charge in [-0.05, 0) is 61.9 Å². The van der Waals surface area contributed by atoms with Crippen LogP contribution in [0.25, 0.3) is 0 Å². The minimum absolute atomic E-state index is 0.0899. The molecule has 0 unspecified atom stereocenters. The average molecular weight is 513 g/mol. The van der Waals surface area contributed by atoms with E-state index in [1.165, 1.54) is 6.42 Å². The summed E-state index contributed by atoms with van der Waals surface area (Å²) in [6.45, 7) is 6.28. The molecule has 4 rings (SSSR count). The topological polar surface area (TPSA) is 58.6 Å². The van der Waals surface area contributed by atoms with E-state index in [1.807, 2.05) is 93.6 Å². The number of carbonyl (C=O) groups excluding carboxylic acids is 2. The van der Waals surface area contributed by atoms with Crippen LogP contribution in [0.5, 0.6) is 5.75 Å². The lowest BCUT2D eigenvalue weighted by Crippen LogP contribution is -2.53. The highest BCUT2D eigenvalue weighted by Crippen LogP contribution is 2.22. The first-order chi connectivity index (χ1) is 18.4. The van der Waals surface area contributed by atoms with Crippen LogP contribution in [0.1, 0.15) is 59.9 Å². The fourth-order valence-electron chi connectivity index (χ4n) is 5.09. The smallest absolute Gasteiger partial charge is 0.261 e. The number of hydrogen-bond donors (Lipinski definition) is 1. The summed E-state index contributed by atoms with van der Waals surface area (Å²) >= 11 is 0. The van der Waals surface area contributed by atoms with Crippen molar-refractivity contribution in [1.29, 1.82) is 0 Å². The number of ether oxygens (including phenoxy) is 1. The number of rotatable bonds is 10. The van der Waals surface area contributed by atoms with E-state index in [1.54, 1.807) is 4.90 Å². The highest BCUT2D eigenvalue weighted by atomic mass is 16.5. The van der Waals surface area contributed by atoms with Crippen molar-refractivity contribution in [1.82, 2.24) is 10.2 Å². The van der Waals surface area contributed by atoms with E-state index in [0.717, 1.165) is 53.5 Å². The fraction of sp³-hybridized carbons (Fsp3) is 0.394. The van der Waals surface area contributed by atoms with Gasteiger partial charge in [-0.2, -0.15) is 0 Å². The van der Waals surface area contributed by atoms with Gasteiger partial charge in [0.15, 0.2) is 6.61 Å². The molecule has 1 fully saturated rings. The summed E-state index contributed by atoms with van der Waals surface area (Å²) in [7, 11) is 0. The average Bonchev–Trinajstić information content (AvgIpc) is 2.93. The Morgan fingerprint density at radius 3 is 2.29 bits per heavy atom. The van der Waals surface area contributed by atoms with Gasteiger partial charge in [-0.3, -0.25) is 9.59 Å². The maximum absolute atomic E-state index is 13.8. The Bertz CT molecular complexity index is 1200. The molecule has 5 heteroatoms. The van der Waals surface area contributed by atoms with Crippen molar-refractivity contribution in [3.63, 3.8) is 0 Å². The van der Waals surface area contributed by atoms with Crippen LogP contribution in [0.15, 0.2) is 72.8 Å². The van der Waals surface area contributed by atoms with E-state index < -0.39 is 6.04 Å². The second-order valence-electron chi connectivity index (χ2n) is 10.5. The predicted octanol–water partition coefficient (Wildman–Crippen LogP) is 6.08. The Labute approximate surface area is 227 Å². The van der Waals surface area contributed by atoms with Gasteiger partial charge >= 0.3 is 0 Å². The lowest BCUT2D eigenvalue weighted by atomic mass is 9.94. The third-order valence-electron chi connectivity index (χ3n) is 7.60. The van der Waals surface area contributed by atoms with Crippen molar-refractivity contribution in [2.24, 2.45) is 0 Å². The maximum atomic E-state index is 13.8. The van der Waals surface area contributed by atoms with Crippen molar-refractivity contribution in [2.45, 2.75) is 77.9 Å². The predicted molar refractivity (Wildman–Crippen MR) is 152 cm³/mol. The van der Waals surface area contributed by atoms with Gasteiger partial charge in [0.05, 0.1) is 0 Å². The van der Waals surface area contributed by atoms with Gasteiger partial charge in [-0.1, -0.05) is 91.6 Å². The van der Waals surface area contributed by atoms with Gasteiger partial charge in [-0.25, -0.2) is 0 Å². The van der Waals surface area contributed by atoms with E-state index >= 15 is 0 Å². The van der Waals surface area contributed by atoms with Crippen LogP contribution in [0.4, 0.5) is 0 Å². The molecule has 0 bridgehead atoms. The summed E-state index contributed by atoms with van der Waals surface area (Å²) in [4.78, 5) is 29.4. The van der Waals surface area contributed by atoms with Gasteiger partial charge in [0.25, 0.3) is 5.91 Å². The molecule has 1 atom stereocenters. The van der Waals surface area contributed by atoms with Crippen LogP contribution in [0.2, 0.25) is 0 Å². The van der Waals surface area contributed by atoms with Crippen LogP contribution in [0, 0.1) is 20.8 Å². The van der Waals surface area contributed by atoms with E-state index in [0.29, 0.717) is 18.7 Å². The summed E-state index contributed by atoms with van der Waals surface area (Å²) in [5.41, 5.74) is 5.29. The lowest BCUT2D eigenvalue weighted by molar-refractivity contribution is -0.143. The number of carbonyl (C=O) groups is 2. The van der Waals surface area contributed by atoms with Gasteiger partial charge < -0.3 is 15.0 Å². The monoisotopic (exact) mass is 512 g/mol. The Balaban J connectivity index is 1.62. The summed E-state index contributed by atoms with van der Waals surface area (Å²) in [6.07, 6.45) is 5.90. The van der Waals surface area contributed by atoms with Crippen LogP contribution < -0.4 is 10.1 Å². The van der Waals surface area contributed by atoms with Crippen molar-refractivity contribution >= 4 is 11.8 Å². The Morgan fingerprint density at radius 2 is 1.58 bits per heavy atom. The van der Waals surface area contributed by atoms with Gasteiger partial charge in [0.1, 0.15) is 11.8 Å². The molecule has 2 amide bonds. The Morgan fingerprint density at radius 1 is 0.868 bits per heavy atom. The van der Waals surface area contributed by atoms with Crippen LogP contribution in [0.3, 0.4) is 0 Å². The molecule has 5 nitrogen and oxygen atoms in total. The van der Waals surface area contributed by atoms with E-state index in [-0.39, 0.29) is 24.5 Å². The summed E-state index contributed by atoms with van der Waals surface area (Å²) < 4.78 is 6.02.